The summed E-state index contributed by atoms with van der Waals surface area (Å²) >= 11 is 0. The van der Waals surface area contributed by atoms with Crippen molar-refractivity contribution in [2.24, 2.45) is 5.73 Å². The van der Waals surface area contributed by atoms with Gasteiger partial charge in [-0.05, 0) is 19.8 Å². The monoisotopic (exact) mass is 256 g/mol. The molecule has 18 heavy (non-hydrogen) atoms. The highest BCUT2D eigenvalue weighted by atomic mass is 16.5. The van der Waals surface area contributed by atoms with Gasteiger partial charge in [-0.1, -0.05) is 25.7 Å². The van der Waals surface area contributed by atoms with Crippen molar-refractivity contribution in [2.75, 3.05) is 13.2 Å². The van der Waals surface area contributed by atoms with Crippen molar-refractivity contribution in [2.45, 2.75) is 57.4 Å². The zero-order valence-corrected chi connectivity index (χ0v) is 11.2. The fourth-order valence-corrected chi connectivity index (χ4v) is 2.40. The number of hydrogen-bond acceptors (Lipinski definition) is 3. The smallest absolute Gasteiger partial charge is 0.243 e. The fourth-order valence-electron chi connectivity index (χ4n) is 2.40. The van der Waals surface area contributed by atoms with Crippen molar-refractivity contribution < 1.29 is 14.3 Å². The standard InChI is InChI=1S/C13H24N2O3/c1-2-18-10-7-11(16)15-13(12(14)17)8-5-3-4-6-9-13/h2-10H2,1H3,(H2,14,17)(H,15,16). The van der Waals surface area contributed by atoms with Gasteiger partial charge in [0.15, 0.2) is 0 Å². The average Bonchev–Trinajstić information content (AvgIpc) is 2.56. The summed E-state index contributed by atoms with van der Waals surface area (Å²) in [6, 6.07) is 0. The lowest BCUT2D eigenvalue weighted by Crippen LogP contribution is -2.57. The summed E-state index contributed by atoms with van der Waals surface area (Å²) in [5.41, 5.74) is 4.66. The number of carbonyl (C=O) groups excluding carboxylic acids is 2. The minimum absolute atomic E-state index is 0.149. The summed E-state index contributed by atoms with van der Waals surface area (Å²) in [6.07, 6.45) is 5.67. The van der Waals surface area contributed by atoms with Gasteiger partial charge in [0.2, 0.25) is 11.8 Å². The maximum Gasteiger partial charge on any atom is 0.243 e. The number of hydrogen-bond donors (Lipinski definition) is 2. The molecular formula is C13H24N2O3. The Morgan fingerprint density at radius 3 is 2.33 bits per heavy atom. The predicted molar refractivity (Wildman–Crippen MR) is 68.9 cm³/mol. The first-order valence-corrected chi connectivity index (χ1v) is 6.79. The zero-order valence-electron chi connectivity index (χ0n) is 11.2. The SMILES string of the molecule is CCOCCC(=O)NC1(C(N)=O)CCCCCC1. The highest BCUT2D eigenvalue weighted by Gasteiger charge is 2.37. The third-order valence-electron chi connectivity index (χ3n) is 3.49. The second-order valence-electron chi connectivity index (χ2n) is 4.86. The van der Waals surface area contributed by atoms with E-state index < -0.39 is 11.4 Å². The first kappa shape index (κ1) is 15.0. The number of primary amides is 1. The van der Waals surface area contributed by atoms with E-state index in [1.807, 2.05) is 6.92 Å². The third kappa shape index (κ3) is 4.29. The van der Waals surface area contributed by atoms with Crippen molar-refractivity contribution in [3.63, 3.8) is 0 Å². The molecule has 1 fully saturated rings. The molecule has 3 N–H and O–H groups in total. The van der Waals surface area contributed by atoms with Crippen LogP contribution in [0.3, 0.4) is 0 Å². The molecule has 0 aromatic rings. The molecule has 104 valence electrons. The Kier molecular flexibility index (Phi) is 6.12. The Hall–Kier alpha value is -1.10. The molecule has 0 bridgehead atoms. The first-order chi connectivity index (χ1) is 8.60. The normalized spacial score (nSPS) is 18.9. The second-order valence-corrected chi connectivity index (χ2v) is 4.86. The van der Waals surface area contributed by atoms with E-state index in [0.717, 1.165) is 25.7 Å². The van der Waals surface area contributed by atoms with Gasteiger partial charge in [0, 0.05) is 13.0 Å². The molecule has 0 saturated heterocycles. The molecule has 0 aliphatic heterocycles. The van der Waals surface area contributed by atoms with Crippen LogP contribution in [0.5, 0.6) is 0 Å². The van der Waals surface area contributed by atoms with Crippen LogP contribution >= 0.6 is 0 Å². The zero-order chi connectivity index (χ0) is 13.4. The van der Waals surface area contributed by atoms with E-state index in [2.05, 4.69) is 5.32 Å². The summed E-state index contributed by atoms with van der Waals surface area (Å²) < 4.78 is 5.13. The highest BCUT2D eigenvalue weighted by molar-refractivity contribution is 5.90. The molecular weight excluding hydrogens is 232 g/mol. The van der Waals surface area contributed by atoms with Gasteiger partial charge in [0.05, 0.1) is 6.61 Å². The van der Waals surface area contributed by atoms with E-state index in [4.69, 9.17) is 10.5 Å². The van der Waals surface area contributed by atoms with Crippen LogP contribution in [0, 0.1) is 0 Å². The molecule has 1 rings (SSSR count). The minimum Gasteiger partial charge on any atom is -0.381 e. The molecule has 5 heteroatoms. The van der Waals surface area contributed by atoms with E-state index in [0.29, 0.717) is 26.1 Å². The van der Waals surface area contributed by atoms with Gasteiger partial charge in [-0.2, -0.15) is 0 Å². The third-order valence-corrected chi connectivity index (χ3v) is 3.49. The summed E-state index contributed by atoms with van der Waals surface area (Å²) in [5, 5.41) is 2.84. The predicted octanol–water partition coefficient (Wildman–Crippen LogP) is 1.11. The van der Waals surface area contributed by atoms with Crippen LogP contribution < -0.4 is 11.1 Å². The average molecular weight is 256 g/mol. The van der Waals surface area contributed by atoms with Crippen LogP contribution in [0.15, 0.2) is 0 Å². The maximum absolute atomic E-state index is 11.8. The fraction of sp³-hybridized carbons (Fsp3) is 0.846. The highest BCUT2D eigenvalue weighted by Crippen LogP contribution is 2.27. The summed E-state index contributed by atoms with van der Waals surface area (Å²) in [4.78, 5) is 23.5. The van der Waals surface area contributed by atoms with E-state index in [1.54, 1.807) is 0 Å². The molecule has 0 spiro atoms. The van der Waals surface area contributed by atoms with Crippen molar-refractivity contribution in [1.82, 2.24) is 5.32 Å². The topological polar surface area (TPSA) is 81.4 Å². The second kappa shape index (κ2) is 7.36. The number of rotatable bonds is 6. The molecule has 0 aromatic heterocycles. The van der Waals surface area contributed by atoms with Crippen LogP contribution in [0.25, 0.3) is 0 Å². The van der Waals surface area contributed by atoms with Crippen molar-refractivity contribution in [3.8, 4) is 0 Å². The molecule has 0 atom stereocenters. The molecule has 5 nitrogen and oxygen atoms in total. The van der Waals surface area contributed by atoms with Gasteiger partial charge in [-0.3, -0.25) is 9.59 Å². The van der Waals surface area contributed by atoms with Crippen LogP contribution in [-0.4, -0.2) is 30.6 Å². The Bertz CT molecular complexity index is 284. The van der Waals surface area contributed by atoms with Gasteiger partial charge in [0.25, 0.3) is 0 Å². The van der Waals surface area contributed by atoms with Gasteiger partial charge in [-0.25, -0.2) is 0 Å². The summed E-state index contributed by atoms with van der Waals surface area (Å²) in [6.45, 7) is 2.86. The van der Waals surface area contributed by atoms with Gasteiger partial charge in [0.1, 0.15) is 5.54 Å². The van der Waals surface area contributed by atoms with Gasteiger partial charge in [-0.15, -0.1) is 0 Å². The van der Waals surface area contributed by atoms with Gasteiger partial charge < -0.3 is 15.8 Å². The number of carbonyl (C=O) groups is 2. The molecule has 2 amide bonds. The number of nitrogens with one attached hydrogen (secondary N) is 1. The van der Waals surface area contributed by atoms with Crippen LogP contribution in [-0.2, 0) is 14.3 Å². The van der Waals surface area contributed by atoms with Crippen LogP contribution in [0.2, 0.25) is 0 Å². The molecule has 1 saturated carbocycles. The van der Waals surface area contributed by atoms with E-state index >= 15 is 0 Å². The number of nitrogens with two attached hydrogens (primary N) is 1. The molecule has 0 aromatic carbocycles. The Morgan fingerprint density at radius 1 is 1.22 bits per heavy atom. The molecule has 0 unspecified atom stereocenters. The molecule has 1 aliphatic carbocycles. The lowest BCUT2D eigenvalue weighted by atomic mass is 9.89. The molecule has 0 heterocycles. The van der Waals surface area contributed by atoms with Crippen molar-refractivity contribution >= 4 is 11.8 Å². The van der Waals surface area contributed by atoms with Crippen molar-refractivity contribution in [1.29, 1.82) is 0 Å². The molecule has 1 aliphatic rings. The molecule has 0 radical (unpaired) electrons. The quantitative estimate of drug-likeness (QED) is 0.551. The van der Waals surface area contributed by atoms with Gasteiger partial charge >= 0.3 is 0 Å². The van der Waals surface area contributed by atoms with E-state index in [-0.39, 0.29) is 12.3 Å². The number of amides is 2. The van der Waals surface area contributed by atoms with Crippen LogP contribution in [0.1, 0.15) is 51.9 Å². The van der Waals surface area contributed by atoms with E-state index in [1.165, 1.54) is 0 Å². The Morgan fingerprint density at radius 2 is 1.83 bits per heavy atom. The Balaban J connectivity index is 2.55. The summed E-state index contributed by atoms with van der Waals surface area (Å²) in [5.74, 6) is -0.557. The van der Waals surface area contributed by atoms with Crippen LogP contribution in [0.4, 0.5) is 0 Å². The largest absolute Gasteiger partial charge is 0.381 e. The lowest BCUT2D eigenvalue weighted by Gasteiger charge is -2.30. The first-order valence-electron chi connectivity index (χ1n) is 6.79. The lowest BCUT2D eigenvalue weighted by molar-refractivity contribution is -0.132. The van der Waals surface area contributed by atoms with E-state index in [9.17, 15) is 9.59 Å². The Labute approximate surface area is 108 Å². The van der Waals surface area contributed by atoms with Crippen molar-refractivity contribution in [3.05, 3.63) is 0 Å². The summed E-state index contributed by atoms with van der Waals surface area (Å²) in [7, 11) is 0. The number of ether oxygens (including phenoxy) is 1. The minimum atomic E-state index is -0.834. The maximum atomic E-state index is 11.8.